The predicted molar refractivity (Wildman–Crippen MR) is 114 cm³/mol. The zero-order chi connectivity index (χ0) is 19.5. The smallest absolute Gasteiger partial charge is 0.263 e. The molecule has 0 atom stereocenters. The van der Waals surface area contributed by atoms with Crippen molar-refractivity contribution in [1.82, 2.24) is 14.5 Å². The number of benzene rings is 1. The molecule has 4 rings (SSSR count). The van der Waals surface area contributed by atoms with E-state index in [0.29, 0.717) is 5.92 Å². The molecule has 2 aromatic heterocycles. The van der Waals surface area contributed by atoms with Gasteiger partial charge in [-0.1, -0.05) is 30.3 Å². The first-order chi connectivity index (χ1) is 13.6. The summed E-state index contributed by atoms with van der Waals surface area (Å²) in [5, 5.41) is 0. The van der Waals surface area contributed by atoms with Gasteiger partial charge in [0.25, 0.3) is 5.91 Å². The fourth-order valence-electron chi connectivity index (χ4n) is 3.96. The average molecular weight is 394 g/mol. The van der Waals surface area contributed by atoms with Crippen molar-refractivity contribution in [3.05, 3.63) is 75.5 Å². The molecule has 0 N–H and O–H groups in total. The van der Waals surface area contributed by atoms with Crippen LogP contribution in [0.2, 0.25) is 0 Å². The van der Waals surface area contributed by atoms with Gasteiger partial charge in [-0.15, -0.1) is 11.3 Å². The van der Waals surface area contributed by atoms with E-state index in [-0.39, 0.29) is 5.91 Å². The van der Waals surface area contributed by atoms with Crippen molar-refractivity contribution < 1.29 is 4.79 Å². The van der Waals surface area contributed by atoms with Gasteiger partial charge in [0.1, 0.15) is 5.82 Å². The molecule has 1 fully saturated rings. The molecule has 1 aromatic carbocycles. The van der Waals surface area contributed by atoms with Crippen LogP contribution >= 0.6 is 11.3 Å². The molecular formula is C23H27N3OS. The van der Waals surface area contributed by atoms with E-state index in [1.165, 1.54) is 22.0 Å². The quantitative estimate of drug-likeness (QED) is 0.630. The highest BCUT2D eigenvalue weighted by Crippen LogP contribution is 2.25. The fraction of sp³-hybridized carbons (Fsp3) is 0.391. The number of aryl methyl sites for hydroxylation is 2. The van der Waals surface area contributed by atoms with Gasteiger partial charge >= 0.3 is 0 Å². The number of thiophene rings is 1. The van der Waals surface area contributed by atoms with Crippen LogP contribution in [0.3, 0.4) is 0 Å². The Bertz CT molecular complexity index is 936. The molecule has 0 spiro atoms. The second-order valence-electron chi connectivity index (χ2n) is 7.74. The van der Waals surface area contributed by atoms with Gasteiger partial charge in [-0.3, -0.25) is 4.79 Å². The number of piperidine rings is 1. The minimum Gasteiger partial charge on any atom is -0.338 e. The number of likely N-dealkylation sites (tertiary alicyclic amines) is 1. The lowest BCUT2D eigenvalue weighted by Crippen LogP contribution is -2.38. The van der Waals surface area contributed by atoms with Gasteiger partial charge in [-0.2, -0.15) is 0 Å². The summed E-state index contributed by atoms with van der Waals surface area (Å²) in [7, 11) is 0. The molecule has 4 nitrogen and oxygen atoms in total. The number of amides is 1. The summed E-state index contributed by atoms with van der Waals surface area (Å²) in [6, 6.07) is 14.5. The Morgan fingerprint density at radius 1 is 1.11 bits per heavy atom. The van der Waals surface area contributed by atoms with Crippen molar-refractivity contribution in [3.8, 4) is 0 Å². The maximum absolute atomic E-state index is 12.7. The first-order valence-corrected chi connectivity index (χ1v) is 10.8. The number of carbonyl (C=O) groups is 1. The van der Waals surface area contributed by atoms with Crippen molar-refractivity contribution in [2.45, 2.75) is 39.7 Å². The zero-order valence-electron chi connectivity index (χ0n) is 16.6. The molecule has 0 radical (unpaired) electrons. The van der Waals surface area contributed by atoms with E-state index in [1.54, 1.807) is 11.3 Å². The summed E-state index contributed by atoms with van der Waals surface area (Å²) in [5.74, 6) is 1.95. The number of hydrogen-bond donors (Lipinski definition) is 0. The van der Waals surface area contributed by atoms with E-state index < -0.39 is 0 Å². The maximum Gasteiger partial charge on any atom is 0.263 e. The van der Waals surface area contributed by atoms with Crippen molar-refractivity contribution in [1.29, 1.82) is 0 Å². The second-order valence-corrected chi connectivity index (χ2v) is 9.03. The highest BCUT2D eigenvalue weighted by atomic mass is 32.1. The highest BCUT2D eigenvalue weighted by molar-refractivity contribution is 7.13. The molecule has 28 heavy (non-hydrogen) atoms. The van der Waals surface area contributed by atoms with Gasteiger partial charge in [0.05, 0.1) is 4.88 Å². The zero-order valence-corrected chi connectivity index (χ0v) is 17.4. The van der Waals surface area contributed by atoms with Crippen LogP contribution in [0.1, 0.15) is 44.5 Å². The number of imidazole rings is 1. The third-order valence-corrected chi connectivity index (χ3v) is 6.63. The van der Waals surface area contributed by atoms with E-state index in [2.05, 4.69) is 41.8 Å². The number of nitrogens with zero attached hydrogens (tertiary/aromatic N) is 3. The van der Waals surface area contributed by atoms with Crippen LogP contribution < -0.4 is 0 Å². The van der Waals surface area contributed by atoms with Crippen LogP contribution in [0, 0.1) is 19.8 Å². The van der Waals surface area contributed by atoms with Gasteiger partial charge in [0.2, 0.25) is 0 Å². The number of aromatic nitrogens is 2. The monoisotopic (exact) mass is 393 g/mol. The number of rotatable bonds is 5. The Kier molecular flexibility index (Phi) is 5.62. The van der Waals surface area contributed by atoms with Crippen LogP contribution in [-0.2, 0) is 13.0 Å². The van der Waals surface area contributed by atoms with E-state index in [9.17, 15) is 4.79 Å². The van der Waals surface area contributed by atoms with Gasteiger partial charge in [-0.05, 0) is 50.3 Å². The molecule has 0 aliphatic carbocycles. The molecule has 0 saturated carbocycles. The Labute approximate surface area is 170 Å². The predicted octanol–water partition coefficient (Wildman–Crippen LogP) is 4.70. The summed E-state index contributed by atoms with van der Waals surface area (Å²) < 4.78 is 2.33. The lowest BCUT2D eigenvalue weighted by molar-refractivity contribution is 0.0694. The average Bonchev–Trinajstić information content (AvgIpc) is 3.30. The molecule has 1 amide bonds. The first-order valence-electron chi connectivity index (χ1n) is 10.0. The minimum atomic E-state index is 0.193. The van der Waals surface area contributed by atoms with E-state index in [4.69, 9.17) is 4.98 Å². The molecule has 146 valence electrons. The molecule has 1 aliphatic rings. The van der Waals surface area contributed by atoms with Crippen LogP contribution in [0.4, 0.5) is 0 Å². The van der Waals surface area contributed by atoms with Crippen molar-refractivity contribution in [3.63, 3.8) is 0 Å². The Balaban J connectivity index is 1.37. The Morgan fingerprint density at radius 3 is 2.54 bits per heavy atom. The van der Waals surface area contributed by atoms with Gasteiger partial charge in [-0.25, -0.2) is 4.98 Å². The molecule has 3 heterocycles. The van der Waals surface area contributed by atoms with E-state index in [0.717, 1.165) is 43.8 Å². The lowest BCUT2D eigenvalue weighted by atomic mass is 9.93. The normalized spacial score (nSPS) is 15.1. The molecule has 1 aliphatic heterocycles. The van der Waals surface area contributed by atoms with Crippen LogP contribution in [0.5, 0.6) is 0 Å². The molecular weight excluding hydrogens is 366 g/mol. The third-order valence-electron chi connectivity index (χ3n) is 5.65. The molecule has 0 unspecified atom stereocenters. The first kappa shape index (κ1) is 18.9. The van der Waals surface area contributed by atoms with Crippen LogP contribution in [-0.4, -0.2) is 33.4 Å². The summed E-state index contributed by atoms with van der Waals surface area (Å²) in [6.07, 6.45) is 5.07. The van der Waals surface area contributed by atoms with Crippen LogP contribution in [0.15, 0.2) is 48.7 Å². The Hall–Kier alpha value is -2.40. The molecule has 5 heteroatoms. The summed E-state index contributed by atoms with van der Waals surface area (Å²) in [6.45, 7) is 6.74. The third kappa shape index (κ3) is 4.20. The molecule has 3 aromatic rings. The Morgan fingerprint density at radius 2 is 1.86 bits per heavy atom. The van der Waals surface area contributed by atoms with Crippen molar-refractivity contribution in [2.24, 2.45) is 5.92 Å². The lowest BCUT2D eigenvalue weighted by Gasteiger charge is -2.31. The molecule has 0 bridgehead atoms. The topological polar surface area (TPSA) is 38.1 Å². The second kappa shape index (κ2) is 8.31. The van der Waals surface area contributed by atoms with E-state index in [1.807, 2.05) is 30.2 Å². The maximum atomic E-state index is 12.7. The SMILES string of the molecule is Cc1ccc(C(=O)N2CCC(Cc3ncc(C)n3Cc3ccccc3)CC2)s1. The minimum absolute atomic E-state index is 0.193. The number of hydrogen-bond acceptors (Lipinski definition) is 3. The standard InChI is InChI=1S/C23H27N3OS/c1-17-15-24-22(26(17)16-20-6-4-3-5-7-20)14-19-10-12-25(13-11-19)23(27)21-9-8-18(2)28-21/h3-9,15,19H,10-14,16H2,1-2H3. The van der Waals surface area contributed by atoms with Crippen molar-refractivity contribution in [2.75, 3.05) is 13.1 Å². The van der Waals surface area contributed by atoms with Crippen molar-refractivity contribution >= 4 is 17.2 Å². The highest BCUT2D eigenvalue weighted by Gasteiger charge is 2.25. The summed E-state index contributed by atoms with van der Waals surface area (Å²) in [4.78, 5) is 21.4. The van der Waals surface area contributed by atoms with E-state index >= 15 is 0 Å². The number of carbonyl (C=O) groups excluding carboxylic acids is 1. The van der Waals surface area contributed by atoms with Gasteiger partial charge in [0, 0.05) is 42.8 Å². The fourth-order valence-corrected chi connectivity index (χ4v) is 4.79. The summed E-state index contributed by atoms with van der Waals surface area (Å²) >= 11 is 1.59. The molecule has 1 saturated heterocycles. The summed E-state index contributed by atoms with van der Waals surface area (Å²) in [5.41, 5.74) is 2.51. The van der Waals surface area contributed by atoms with Crippen LogP contribution in [0.25, 0.3) is 0 Å². The van der Waals surface area contributed by atoms with Gasteiger partial charge in [0.15, 0.2) is 0 Å². The van der Waals surface area contributed by atoms with Gasteiger partial charge < -0.3 is 9.47 Å². The largest absolute Gasteiger partial charge is 0.338 e.